The van der Waals surface area contributed by atoms with Crippen molar-refractivity contribution in [1.82, 2.24) is 20.3 Å². The molecule has 3 atom stereocenters. The van der Waals surface area contributed by atoms with E-state index in [1.54, 1.807) is 6.20 Å². The van der Waals surface area contributed by atoms with E-state index in [1.807, 2.05) is 12.1 Å². The first-order valence-corrected chi connectivity index (χ1v) is 10.8. The average Bonchev–Trinajstić information content (AvgIpc) is 3.10. The number of allylic oxidation sites excluding steroid dienone is 1. The predicted octanol–water partition coefficient (Wildman–Crippen LogP) is 3.73. The van der Waals surface area contributed by atoms with Crippen LogP contribution < -0.4 is 5.32 Å². The molecule has 1 aliphatic carbocycles. The fraction of sp³-hybridized carbons (Fsp3) is 0.565. The van der Waals surface area contributed by atoms with E-state index in [4.69, 9.17) is 5.11 Å². The topological polar surface area (TPSA) is 108 Å². The van der Waals surface area contributed by atoms with Gasteiger partial charge in [-0.25, -0.2) is 9.97 Å². The quantitative estimate of drug-likeness (QED) is 0.544. The molecular formula is C23H32N4O3. The smallest absolute Gasteiger partial charge is 0.303 e. The predicted molar refractivity (Wildman–Crippen MR) is 116 cm³/mol. The molecule has 3 rings (SSSR count). The molecule has 7 nitrogen and oxygen atoms in total. The SMILES string of the molecule is CC1=C[C@@H](CNC(=O)CCCC(=O)O)[C@H](C(C)C)C[C@H]1Cc1nc2ncccc2[nH]1. The van der Waals surface area contributed by atoms with Gasteiger partial charge in [-0.2, -0.15) is 0 Å². The van der Waals surface area contributed by atoms with Gasteiger partial charge in [0.05, 0.1) is 5.52 Å². The molecule has 0 bridgehead atoms. The Labute approximate surface area is 177 Å². The fourth-order valence-electron chi connectivity index (χ4n) is 4.45. The summed E-state index contributed by atoms with van der Waals surface area (Å²) in [6.07, 6.45) is 6.66. The van der Waals surface area contributed by atoms with Crippen molar-refractivity contribution >= 4 is 23.0 Å². The molecule has 2 aromatic rings. The maximum atomic E-state index is 12.1. The number of carbonyl (C=O) groups is 2. The Bertz CT molecular complexity index is 885. The van der Waals surface area contributed by atoms with Gasteiger partial charge < -0.3 is 15.4 Å². The van der Waals surface area contributed by atoms with Crippen LogP contribution in [0, 0.1) is 23.7 Å². The summed E-state index contributed by atoms with van der Waals surface area (Å²) in [5.41, 5.74) is 3.06. The Hall–Kier alpha value is -2.70. The highest BCUT2D eigenvalue weighted by Crippen LogP contribution is 2.38. The van der Waals surface area contributed by atoms with Crippen LogP contribution in [0.15, 0.2) is 30.0 Å². The van der Waals surface area contributed by atoms with Crippen LogP contribution in [0.25, 0.3) is 11.2 Å². The summed E-state index contributed by atoms with van der Waals surface area (Å²) in [5, 5.41) is 11.7. The number of hydrogen-bond acceptors (Lipinski definition) is 4. The van der Waals surface area contributed by atoms with Crippen LogP contribution in [-0.2, 0) is 16.0 Å². The first-order chi connectivity index (χ1) is 14.3. The summed E-state index contributed by atoms with van der Waals surface area (Å²) in [4.78, 5) is 35.0. The number of carbonyl (C=O) groups excluding carboxylic acids is 1. The second-order valence-corrected chi connectivity index (χ2v) is 8.73. The van der Waals surface area contributed by atoms with E-state index in [1.165, 1.54) is 5.57 Å². The van der Waals surface area contributed by atoms with E-state index in [2.05, 4.69) is 47.1 Å². The normalized spacial score (nSPS) is 21.6. The molecule has 0 aromatic carbocycles. The summed E-state index contributed by atoms with van der Waals surface area (Å²) in [6, 6.07) is 3.90. The minimum absolute atomic E-state index is 0.0312. The lowest BCUT2D eigenvalue weighted by Crippen LogP contribution is -2.37. The number of amides is 1. The zero-order chi connectivity index (χ0) is 21.7. The first kappa shape index (κ1) is 22.0. The van der Waals surface area contributed by atoms with Gasteiger partial charge in [0.1, 0.15) is 5.82 Å². The number of aliphatic carboxylic acids is 1. The lowest BCUT2D eigenvalue weighted by atomic mass is 9.69. The highest BCUT2D eigenvalue weighted by atomic mass is 16.4. The van der Waals surface area contributed by atoms with Gasteiger partial charge in [0.2, 0.25) is 5.91 Å². The molecule has 0 fully saturated rings. The molecule has 0 spiro atoms. The third-order valence-corrected chi connectivity index (χ3v) is 6.16. The van der Waals surface area contributed by atoms with Crippen LogP contribution in [0.1, 0.15) is 52.3 Å². The van der Waals surface area contributed by atoms with Gasteiger partial charge in [-0.05, 0) is 55.6 Å². The van der Waals surface area contributed by atoms with Crippen molar-refractivity contribution in [3.05, 3.63) is 35.8 Å². The highest BCUT2D eigenvalue weighted by molar-refractivity contribution is 5.76. The third-order valence-electron chi connectivity index (χ3n) is 6.16. The van der Waals surface area contributed by atoms with Gasteiger partial charge in [0.25, 0.3) is 0 Å². The van der Waals surface area contributed by atoms with E-state index in [0.29, 0.717) is 36.6 Å². The molecule has 7 heteroatoms. The van der Waals surface area contributed by atoms with Gasteiger partial charge in [-0.15, -0.1) is 0 Å². The number of aromatic nitrogens is 3. The fourth-order valence-corrected chi connectivity index (χ4v) is 4.45. The Balaban J connectivity index is 1.62. The molecule has 0 saturated carbocycles. The van der Waals surface area contributed by atoms with Crippen LogP contribution in [0.5, 0.6) is 0 Å². The number of pyridine rings is 1. The standard InChI is InChI=1S/C23H32N4O3/c1-14(2)18-11-16(12-20-26-19-6-5-9-24-23(19)27-20)15(3)10-17(18)13-25-21(28)7-4-8-22(29)30/h5-6,9-10,14,16-18H,4,7-8,11-13H2,1-3H3,(H,25,28)(H,29,30)(H,24,26,27)/t16-,17-,18-/m0/s1. The molecule has 162 valence electrons. The second-order valence-electron chi connectivity index (χ2n) is 8.73. The van der Waals surface area contributed by atoms with Crippen molar-refractivity contribution in [2.24, 2.45) is 23.7 Å². The van der Waals surface area contributed by atoms with E-state index >= 15 is 0 Å². The zero-order valence-electron chi connectivity index (χ0n) is 18.0. The van der Waals surface area contributed by atoms with Crippen molar-refractivity contribution in [2.75, 3.05) is 6.54 Å². The summed E-state index contributed by atoms with van der Waals surface area (Å²) < 4.78 is 0. The van der Waals surface area contributed by atoms with E-state index < -0.39 is 5.97 Å². The lowest BCUT2D eigenvalue weighted by Gasteiger charge is -2.37. The summed E-state index contributed by atoms with van der Waals surface area (Å²) in [6.45, 7) is 7.25. The number of carboxylic acids is 1. The molecule has 1 amide bonds. The minimum atomic E-state index is -0.861. The molecule has 0 aliphatic heterocycles. The molecule has 1 aliphatic rings. The monoisotopic (exact) mass is 412 g/mol. The van der Waals surface area contributed by atoms with E-state index in [0.717, 1.165) is 29.8 Å². The van der Waals surface area contributed by atoms with E-state index in [9.17, 15) is 9.59 Å². The Morgan fingerprint density at radius 3 is 2.83 bits per heavy atom. The van der Waals surface area contributed by atoms with Crippen LogP contribution in [0.2, 0.25) is 0 Å². The largest absolute Gasteiger partial charge is 0.481 e. The van der Waals surface area contributed by atoms with Gasteiger partial charge >= 0.3 is 5.97 Å². The zero-order valence-corrected chi connectivity index (χ0v) is 18.0. The molecule has 30 heavy (non-hydrogen) atoms. The average molecular weight is 413 g/mol. The van der Waals surface area contributed by atoms with Gasteiger partial charge in [-0.3, -0.25) is 9.59 Å². The summed E-state index contributed by atoms with van der Waals surface area (Å²) in [7, 11) is 0. The summed E-state index contributed by atoms with van der Waals surface area (Å²) >= 11 is 0. The van der Waals surface area contributed by atoms with Crippen LogP contribution in [0.3, 0.4) is 0 Å². The molecule has 0 radical (unpaired) electrons. The van der Waals surface area contributed by atoms with Crippen LogP contribution >= 0.6 is 0 Å². The lowest BCUT2D eigenvalue weighted by molar-refractivity contribution is -0.137. The second kappa shape index (κ2) is 9.87. The number of hydrogen-bond donors (Lipinski definition) is 3. The molecule has 0 saturated heterocycles. The molecule has 2 aromatic heterocycles. The van der Waals surface area contributed by atoms with Crippen LogP contribution in [0.4, 0.5) is 0 Å². The minimum Gasteiger partial charge on any atom is -0.481 e. The van der Waals surface area contributed by atoms with Gasteiger partial charge in [0.15, 0.2) is 5.65 Å². The number of imidazole rings is 1. The number of carboxylic acid groups (broad SMARTS) is 1. The Morgan fingerprint density at radius 2 is 2.13 bits per heavy atom. The number of nitrogens with one attached hydrogen (secondary N) is 2. The number of rotatable bonds is 9. The van der Waals surface area contributed by atoms with Crippen molar-refractivity contribution in [2.45, 2.75) is 52.9 Å². The van der Waals surface area contributed by atoms with Gasteiger partial charge in [-0.1, -0.05) is 25.5 Å². The summed E-state index contributed by atoms with van der Waals surface area (Å²) in [5.74, 6) is 1.72. The van der Waals surface area contributed by atoms with Crippen molar-refractivity contribution in [3.8, 4) is 0 Å². The molecular weight excluding hydrogens is 380 g/mol. The highest BCUT2D eigenvalue weighted by Gasteiger charge is 2.32. The van der Waals surface area contributed by atoms with Gasteiger partial charge in [0, 0.05) is 32.0 Å². The van der Waals surface area contributed by atoms with E-state index in [-0.39, 0.29) is 18.7 Å². The Kier molecular flexibility index (Phi) is 7.24. The number of H-pyrrole nitrogens is 1. The number of fused-ring (bicyclic) bond motifs is 1. The maximum absolute atomic E-state index is 12.1. The third kappa shape index (κ3) is 5.68. The maximum Gasteiger partial charge on any atom is 0.303 e. The van der Waals surface area contributed by atoms with Crippen LogP contribution in [-0.4, -0.2) is 38.5 Å². The molecule has 3 N–H and O–H groups in total. The van der Waals surface area contributed by atoms with Crippen molar-refractivity contribution in [1.29, 1.82) is 0 Å². The first-order valence-electron chi connectivity index (χ1n) is 10.8. The Morgan fingerprint density at radius 1 is 1.33 bits per heavy atom. The molecule has 0 unspecified atom stereocenters. The number of aromatic amines is 1. The molecule has 2 heterocycles. The number of nitrogens with zero attached hydrogens (tertiary/aromatic N) is 2. The van der Waals surface area contributed by atoms with Crippen molar-refractivity contribution in [3.63, 3.8) is 0 Å². The van der Waals surface area contributed by atoms with Crippen molar-refractivity contribution < 1.29 is 14.7 Å².